The van der Waals surface area contributed by atoms with Gasteiger partial charge in [-0.15, -0.1) is 0 Å². The lowest BCUT2D eigenvalue weighted by Gasteiger charge is -2.28. The maximum absolute atomic E-state index is 12.0. The van der Waals surface area contributed by atoms with Crippen LogP contribution in [0.25, 0.3) is 11.3 Å². The SMILES string of the molecule is CNC(=O)c1n[nH]nc1-c1cc(C(C)(C)C)c(O)c(C(C)(C)C)c1. The number of nitrogens with one attached hydrogen (secondary N) is 2. The van der Waals surface area contributed by atoms with E-state index in [4.69, 9.17) is 0 Å². The maximum atomic E-state index is 12.0. The third-order valence-electron chi connectivity index (χ3n) is 3.99. The van der Waals surface area contributed by atoms with Crippen molar-refractivity contribution in [3.63, 3.8) is 0 Å². The largest absolute Gasteiger partial charge is 0.507 e. The van der Waals surface area contributed by atoms with E-state index in [1.165, 1.54) is 0 Å². The molecule has 0 aliphatic rings. The lowest BCUT2D eigenvalue weighted by molar-refractivity contribution is 0.0959. The first-order valence-electron chi connectivity index (χ1n) is 7.98. The third kappa shape index (κ3) is 3.27. The van der Waals surface area contributed by atoms with Crippen molar-refractivity contribution in [1.82, 2.24) is 20.7 Å². The minimum Gasteiger partial charge on any atom is -0.507 e. The molecule has 0 unspecified atom stereocenters. The molecule has 0 bridgehead atoms. The number of phenolic OH excluding ortho intramolecular Hbond substituents is 1. The second-order valence-electron chi connectivity index (χ2n) is 8.02. The first-order valence-corrected chi connectivity index (χ1v) is 7.98. The molecule has 6 heteroatoms. The summed E-state index contributed by atoms with van der Waals surface area (Å²) >= 11 is 0. The van der Waals surface area contributed by atoms with Gasteiger partial charge in [0.25, 0.3) is 5.91 Å². The van der Waals surface area contributed by atoms with E-state index in [1.54, 1.807) is 7.05 Å². The number of hydrogen-bond donors (Lipinski definition) is 3. The van der Waals surface area contributed by atoms with Crippen LogP contribution in [0.15, 0.2) is 12.1 Å². The molecule has 2 aromatic rings. The van der Waals surface area contributed by atoms with Gasteiger partial charge in [0.05, 0.1) is 0 Å². The number of amides is 1. The van der Waals surface area contributed by atoms with Crippen molar-refractivity contribution in [2.45, 2.75) is 52.4 Å². The van der Waals surface area contributed by atoms with Gasteiger partial charge in [-0.3, -0.25) is 4.79 Å². The monoisotopic (exact) mass is 330 g/mol. The Labute approximate surface area is 142 Å². The highest BCUT2D eigenvalue weighted by molar-refractivity contribution is 5.97. The summed E-state index contributed by atoms with van der Waals surface area (Å²) in [6.07, 6.45) is 0. The predicted molar refractivity (Wildman–Crippen MR) is 94.3 cm³/mol. The van der Waals surface area contributed by atoms with Gasteiger partial charge in [-0.25, -0.2) is 0 Å². The number of rotatable bonds is 2. The van der Waals surface area contributed by atoms with Crippen LogP contribution in [0.2, 0.25) is 0 Å². The van der Waals surface area contributed by atoms with Crippen LogP contribution >= 0.6 is 0 Å². The Bertz CT molecular complexity index is 729. The molecule has 6 nitrogen and oxygen atoms in total. The quantitative estimate of drug-likeness (QED) is 0.789. The molecular formula is C18H26N4O2. The number of phenols is 1. The summed E-state index contributed by atoms with van der Waals surface area (Å²) in [5, 5.41) is 24.0. The Kier molecular flexibility index (Phi) is 4.44. The Morgan fingerprint density at radius 1 is 1.04 bits per heavy atom. The molecule has 0 atom stereocenters. The van der Waals surface area contributed by atoms with E-state index < -0.39 is 0 Å². The number of hydrogen-bond acceptors (Lipinski definition) is 4. The molecule has 3 N–H and O–H groups in total. The number of aromatic nitrogens is 3. The van der Waals surface area contributed by atoms with Gasteiger partial charge in [0.15, 0.2) is 5.69 Å². The molecule has 0 aliphatic carbocycles. The summed E-state index contributed by atoms with van der Waals surface area (Å²) in [5.74, 6) is -0.00909. The van der Waals surface area contributed by atoms with Crippen LogP contribution in [0.4, 0.5) is 0 Å². The fourth-order valence-corrected chi connectivity index (χ4v) is 2.62. The summed E-state index contributed by atoms with van der Waals surface area (Å²) in [6, 6.07) is 3.77. The molecule has 24 heavy (non-hydrogen) atoms. The standard InChI is InChI=1S/C18H26N4O2/c1-17(2,3)11-8-10(9-12(15(11)23)18(4,5)6)13-14(16(24)19-7)21-22-20-13/h8-9,23H,1-7H3,(H,19,24)(H,20,21,22). The second kappa shape index (κ2) is 5.92. The molecule has 1 aromatic heterocycles. The van der Waals surface area contributed by atoms with Crippen molar-refractivity contribution in [1.29, 1.82) is 0 Å². The van der Waals surface area contributed by atoms with Crippen LogP contribution in [-0.2, 0) is 10.8 Å². The van der Waals surface area contributed by atoms with E-state index in [-0.39, 0.29) is 22.4 Å². The van der Waals surface area contributed by atoms with Crippen molar-refractivity contribution >= 4 is 5.91 Å². The number of aromatic hydroxyl groups is 1. The Morgan fingerprint density at radius 2 is 1.54 bits per heavy atom. The Balaban J connectivity index is 2.77. The van der Waals surface area contributed by atoms with Gasteiger partial charge in [-0.2, -0.15) is 15.4 Å². The number of H-pyrrole nitrogens is 1. The van der Waals surface area contributed by atoms with Crippen LogP contribution < -0.4 is 5.32 Å². The minimum absolute atomic E-state index is 0.239. The first-order chi connectivity index (χ1) is 11.0. The lowest BCUT2D eigenvalue weighted by atomic mass is 9.78. The molecule has 0 aliphatic heterocycles. The predicted octanol–water partition coefficient (Wildman–Crippen LogP) is 3.13. The highest BCUT2D eigenvalue weighted by Crippen LogP contribution is 2.41. The van der Waals surface area contributed by atoms with E-state index in [0.29, 0.717) is 11.4 Å². The van der Waals surface area contributed by atoms with E-state index in [2.05, 4.69) is 20.7 Å². The highest BCUT2D eigenvalue weighted by Gasteiger charge is 2.28. The summed E-state index contributed by atoms with van der Waals surface area (Å²) in [7, 11) is 1.55. The molecule has 2 rings (SSSR count). The number of carbonyl (C=O) groups excluding carboxylic acids is 1. The van der Waals surface area contributed by atoms with E-state index in [1.807, 2.05) is 53.7 Å². The molecule has 1 amide bonds. The summed E-state index contributed by atoms with van der Waals surface area (Å²) < 4.78 is 0. The number of benzene rings is 1. The summed E-state index contributed by atoms with van der Waals surface area (Å²) in [5.41, 5.74) is 2.60. The summed E-state index contributed by atoms with van der Waals surface area (Å²) in [6.45, 7) is 12.3. The molecule has 0 radical (unpaired) electrons. The Morgan fingerprint density at radius 3 is 1.96 bits per heavy atom. The van der Waals surface area contributed by atoms with Gasteiger partial charge in [-0.1, -0.05) is 41.5 Å². The molecule has 0 fully saturated rings. The number of carbonyl (C=O) groups is 1. The zero-order valence-electron chi connectivity index (χ0n) is 15.4. The van der Waals surface area contributed by atoms with Crippen molar-refractivity contribution in [3.8, 4) is 17.0 Å². The second-order valence-corrected chi connectivity index (χ2v) is 8.02. The normalized spacial score (nSPS) is 12.3. The van der Waals surface area contributed by atoms with Gasteiger partial charge < -0.3 is 10.4 Å². The van der Waals surface area contributed by atoms with Crippen LogP contribution in [0.5, 0.6) is 5.75 Å². The van der Waals surface area contributed by atoms with Crippen molar-refractivity contribution in [2.75, 3.05) is 7.05 Å². The average Bonchev–Trinajstić information content (AvgIpc) is 2.93. The summed E-state index contributed by atoms with van der Waals surface area (Å²) in [4.78, 5) is 12.0. The Hall–Kier alpha value is -2.37. The average molecular weight is 330 g/mol. The zero-order valence-corrected chi connectivity index (χ0v) is 15.4. The molecule has 1 aromatic carbocycles. The van der Waals surface area contributed by atoms with E-state index in [0.717, 1.165) is 16.7 Å². The van der Waals surface area contributed by atoms with Gasteiger partial charge in [-0.05, 0) is 23.0 Å². The molecular weight excluding hydrogens is 304 g/mol. The molecule has 0 spiro atoms. The molecule has 130 valence electrons. The number of nitrogens with zero attached hydrogens (tertiary/aromatic N) is 2. The van der Waals surface area contributed by atoms with Crippen LogP contribution in [0.1, 0.15) is 63.2 Å². The maximum Gasteiger partial charge on any atom is 0.273 e. The van der Waals surface area contributed by atoms with Gasteiger partial charge in [0.1, 0.15) is 11.4 Å². The van der Waals surface area contributed by atoms with Crippen molar-refractivity contribution < 1.29 is 9.90 Å². The fourth-order valence-electron chi connectivity index (χ4n) is 2.62. The molecule has 0 saturated heterocycles. The number of aromatic amines is 1. The van der Waals surface area contributed by atoms with Crippen LogP contribution in [0, 0.1) is 0 Å². The van der Waals surface area contributed by atoms with Crippen LogP contribution in [0.3, 0.4) is 0 Å². The van der Waals surface area contributed by atoms with Gasteiger partial charge in [0.2, 0.25) is 0 Å². The lowest BCUT2D eigenvalue weighted by Crippen LogP contribution is -2.20. The van der Waals surface area contributed by atoms with E-state index in [9.17, 15) is 9.90 Å². The van der Waals surface area contributed by atoms with Crippen molar-refractivity contribution in [2.24, 2.45) is 0 Å². The fraction of sp³-hybridized carbons (Fsp3) is 0.500. The van der Waals surface area contributed by atoms with Gasteiger partial charge in [0, 0.05) is 23.7 Å². The minimum atomic E-state index is -0.304. The van der Waals surface area contributed by atoms with Crippen LogP contribution in [-0.4, -0.2) is 33.5 Å². The van der Waals surface area contributed by atoms with E-state index >= 15 is 0 Å². The first kappa shape index (κ1) is 18.0. The third-order valence-corrected chi connectivity index (χ3v) is 3.99. The zero-order chi connectivity index (χ0) is 18.3. The molecule has 0 saturated carbocycles. The van der Waals surface area contributed by atoms with Gasteiger partial charge >= 0.3 is 0 Å². The smallest absolute Gasteiger partial charge is 0.273 e. The van der Waals surface area contributed by atoms with Crippen molar-refractivity contribution in [3.05, 3.63) is 29.0 Å². The highest BCUT2D eigenvalue weighted by atomic mass is 16.3. The topological polar surface area (TPSA) is 90.9 Å². The molecule has 1 heterocycles.